The number of hydrogen-bond acceptors (Lipinski definition) is 6. The zero-order valence-corrected chi connectivity index (χ0v) is 16.8. The van der Waals surface area contributed by atoms with Gasteiger partial charge in [-0.2, -0.15) is 0 Å². The summed E-state index contributed by atoms with van der Waals surface area (Å²) in [7, 11) is 0. The maximum atomic E-state index is 12.7. The van der Waals surface area contributed by atoms with Gasteiger partial charge in [0.2, 0.25) is 17.7 Å². The fourth-order valence-electron chi connectivity index (χ4n) is 3.14. The van der Waals surface area contributed by atoms with Crippen LogP contribution in [-0.4, -0.2) is 75.6 Å². The van der Waals surface area contributed by atoms with Gasteiger partial charge < -0.3 is 31.5 Å². The molecule has 0 bridgehead atoms. The van der Waals surface area contributed by atoms with E-state index in [1.54, 1.807) is 0 Å². The molecule has 1 rings (SSSR count). The third-order valence-electron chi connectivity index (χ3n) is 4.67. The number of amides is 3. The van der Waals surface area contributed by atoms with Crippen LogP contribution in [0.2, 0.25) is 0 Å². The van der Waals surface area contributed by atoms with Crippen LogP contribution in [0.25, 0.3) is 0 Å². The highest BCUT2D eigenvalue weighted by Crippen LogP contribution is 2.20. The molecule has 0 aromatic rings. The first-order valence-corrected chi connectivity index (χ1v) is 9.53. The lowest BCUT2D eigenvalue weighted by Crippen LogP contribution is -2.59. The highest BCUT2D eigenvalue weighted by Gasteiger charge is 2.38. The molecule has 10 heteroatoms. The Labute approximate surface area is 164 Å². The lowest BCUT2D eigenvalue weighted by Gasteiger charge is -2.29. The Bertz CT molecular complexity index is 595. The summed E-state index contributed by atoms with van der Waals surface area (Å²) in [6, 6.07) is -4.00. The Kier molecular flexibility index (Phi) is 8.83. The van der Waals surface area contributed by atoms with E-state index in [0.29, 0.717) is 25.8 Å². The van der Waals surface area contributed by atoms with Crippen molar-refractivity contribution in [3.8, 4) is 0 Å². The number of carbonyl (C=O) groups is 4. The minimum absolute atomic E-state index is 0.230. The van der Waals surface area contributed by atoms with E-state index in [1.165, 1.54) is 18.7 Å². The third kappa shape index (κ3) is 6.45. The average Bonchev–Trinajstić information content (AvgIpc) is 3.07. The van der Waals surface area contributed by atoms with Crippen LogP contribution in [0.1, 0.15) is 47.0 Å². The molecule has 6 N–H and O–H groups in total. The van der Waals surface area contributed by atoms with Gasteiger partial charge in [0.15, 0.2) is 0 Å². The summed E-state index contributed by atoms with van der Waals surface area (Å²) in [5.74, 6) is -2.72. The minimum atomic E-state index is -1.34. The van der Waals surface area contributed by atoms with Crippen molar-refractivity contribution in [2.24, 2.45) is 11.7 Å². The van der Waals surface area contributed by atoms with Crippen molar-refractivity contribution < 1.29 is 29.4 Å². The normalized spacial score (nSPS) is 21.0. The van der Waals surface area contributed by atoms with Gasteiger partial charge in [0.25, 0.3) is 0 Å². The van der Waals surface area contributed by atoms with E-state index < -0.39 is 48.1 Å². The number of carboxylic acid groups (broad SMARTS) is 1. The summed E-state index contributed by atoms with van der Waals surface area (Å²) < 4.78 is 0. The number of carboxylic acids is 1. The minimum Gasteiger partial charge on any atom is -0.480 e. The molecule has 1 aliphatic rings. The zero-order valence-electron chi connectivity index (χ0n) is 16.8. The first kappa shape index (κ1) is 23.8. The molecular weight excluding hydrogens is 368 g/mol. The van der Waals surface area contributed by atoms with Crippen LogP contribution < -0.4 is 16.4 Å². The Balaban J connectivity index is 2.82. The fourth-order valence-corrected chi connectivity index (χ4v) is 3.14. The Morgan fingerprint density at radius 2 is 1.75 bits per heavy atom. The number of aliphatic carboxylic acids is 1. The molecule has 1 aliphatic heterocycles. The van der Waals surface area contributed by atoms with Gasteiger partial charge >= 0.3 is 5.97 Å². The van der Waals surface area contributed by atoms with Crippen LogP contribution in [0.5, 0.6) is 0 Å². The quantitative estimate of drug-likeness (QED) is 0.325. The highest BCUT2D eigenvalue weighted by molar-refractivity contribution is 5.94. The summed E-state index contributed by atoms with van der Waals surface area (Å²) in [6.45, 7) is 6.88. The SMILES string of the molecule is CC(C)CC(N)C(=O)N1CCCC1C(=O)NC(C(=O)NC(C)C(=O)O)C(C)O. The Hall–Kier alpha value is -2.20. The van der Waals surface area contributed by atoms with Crippen LogP contribution in [0.4, 0.5) is 0 Å². The smallest absolute Gasteiger partial charge is 0.325 e. The second-order valence-corrected chi connectivity index (χ2v) is 7.72. The van der Waals surface area contributed by atoms with E-state index in [2.05, 4.69) is 10.6 Å². The lowest BCUT2D eigenvalue weighted by atomic mass is 10.0. The van der Waals surface area contributed by atoms with Crippen LogP contribution >= 0.6 is 0 Å². The molecule has 0 saturated carbocycles. The van der Waals surface area contributed by atoms with Gasteiger partial charge in [-0.05, 0) is 39.0 Å². The van der Waals surface area contributed by atoms with Crippen LogP contribution in [-0.2, 0) is 19.2 Å². The molecule has 5 atom stereocenters. The summed E-state index contributed by atoms with van der Waals surface area (Å²) >= 11 is 0. The summed E-state index contributed by atoms with van der Waals surface area (Å²) in [6.07, 6.45) is 0.291. The van der Waals surface area contributed by atoms with E-state index in [9.17, 15) is 24.3 Å². The number of rotatable bonds is 9. The van der Waals surface area contributed by atoms with Crippen LogP contribution in [0.15, 0.2) is 0 Å². The van der Waals surface area contributed by atoms with E-state index in [-0.39, 0.29) is 11.8 Å². The molecule has 0 aliphatic carbocycles. The number of aliphatic hydroxyl groups excluding tert-OH is 1. The molecule has 5 unspecified atom stereocenters. The molecule has 0 aromatic carbocycles. The van der Waals surface area contributed by atoms with Gasteiger partial charge in [0, 0.05) is 6.54 Å². The molecule has 3 amide bonds. The molecule has 1 heterocycles. The number of nitrogens with two attached hydrogens (primary N) is 1. The van der Waals surface area contributed by atoms with Crippen LogP contribution in [0.3, 0.4) is 0 Å². The second-order valence-electron chi connectivity index (χ2n) is 7.72. The topological polar surface area (TPSA) is 162 Å². The summed E-state index contributed by atoms with van der Waals surface area (Å²) in [5.41, 5.74) is 5.96. The van der Waals surface area contributed by atoms with Crippen molar-refractivity contribution >= 4 is 23.7 Å². The predicted octanol–water partition coefficient (Wildman–Crippen LogP) is -1.19. The van der Waals surface area contributed by atoms with Gasteiger partial charge in [0.05, 0.1) is 12.1 Å². The largest absolute Gasteiger partial charge is 0.480 e. The van der Waals surface area contributed by atoms with Crippen molar-refractivity contribution in [3.05, 3.63) is 0 Å². The predicted molar refractivity (Wildman–Crippen MR) is 101 cm³/mol. The lowest BCUT2D eigenvalue weighted by molar-refractivity contribution is -0.143. The van der Waals surface area contributed by atoms with Gasteiger partial charge in [-0.1, -0.05) is 13.8 Å². The van der Waals surface area contributed by atoms with Gasteiger partial charge in [0.1, 0.15) is 18.1 Å². The average molecular weight is 400 g/mol. The standard InChI is InChI=1S/C18H32N4O6/c1-9(2)8-12(19)17(26)22-7-5-6-13(22)15(24)21-14(11(4)23)16(25)20-10(3)18(27)28/h9-14,23H,5-8,19H2,1-4H3,(H,20,25)(H,21,24)(H,27,28). The molecule has 160 valence electrons. The van der Waals surface area contributed by atoms with Crippen molar-refractivity contribution in [1.82, 2.24) is 15.5 Å². The number of nitrogens with one attached hydrogen (secondary N) is 2. The second kappa shape index (κ2) is 10.4. The van der Waals surface area contributed by atoms with Gasteiger partial charge in [-0.3, -0.25) is 19.2 Å². The van der Waals surface area contributed by atoms with Gasteiger partial charge in [-0.15, -0.1) is 0 Å². The molecule has 10 nitrogen and oxygen atoms in total. The molecule has 0 aromatic heterocycles. The molecular formula is C18H32N4O6. The molecule has 1 fully saturated rings. The van der Waals surface area contributed by atoms with Crippen molar-refractivity contribution in [2.75, 3.05) is 6.54 Å². The molecule has 0 radical (unpaired) electrons. The third-order valence-corrected chi connectivity index (χ3v) is 4.67. The van der Waals surface area contributed by atoms with Crippen molar-refractivity contribution in [1.29, 1.82) is 0 Å². The zero-order chi connectivity index (χ0) is 21.6. The molecule has 0 spiro atoms. The monoisotopic (exact) mass is 400 g/mol. The Morgan fingerprint density at radius 1 is 1.14 bits per heavy atom. The molecule has 1 saturated heterocycles. The van der Waals surface area contributed by atoms with E-state index in [0.717, 1.165) is 0 Å². The molecule has 28 heavy (non-hydrogen) atoms. The van der Waals surface area contributed by atoms with E-state index >= 15 is 0 Å². The van der Waals surface area contributed by atoms with Crippen molar-refractivity contribution in [3.63, 3.8) is 0 Å². The summed E-state index contributed by atoms with van der Waals surface area (Å²) in [4.78, 5) is 49.8. The first-order valence-electron chi connectivity index (χ1n) is 9.53. The van der Waals surface area contributed by atoms with Crippen molar-refractivity contribution in [2.45, 2.75) is 77.2 Å². The van der Waals surface area contributed by atoms with E-state index in [1.807, 2.05) is 13.8 Å². The maximum Gasteiger partial charge on any atom is 0.325 e. The first-order chi connectivity index (χ1) is 13.0. The highest BCUT2D eigenvalue weighted by atomic mass is 16.4. The number of hydrogen-bond donors (Lipinski definition) is 5. The van der Waals surface area contributed by atoms with Gasteiger partial charge in [-0.25, -0.2) is 0 Å². The number of aliphatic hydroxyl groups is 1. The maximum absolute atomic E-state index is 12.7. The summed E-state index contributed by atoms with van der Waals surface area (Å²) in [5, 5.41) is 23.4. The number of likely N-dealkylation sites (tertiary alicyclic amines) is 1. The number of carbonyl (C=O) groups excluding carboxylic acids is 3. The Morgan fingerprint density at radius 3 is 2.25 bits per heavy atom. The fraction of sp³-hybridized carbons (Fsp3) is 0.778. The van der Waals surface area contributed by atoms with E-state index in [4.69, 9.17) is 10.8 Å². The number of nitrogens with zero attached hydrogens (tertiary/aromatic N) is 1. The van der Waals surface area contributed by atoms with Crippen LogP contribution in [0, 0.1) is 5.92 Å².